The Morgan fingerprint density at radius 3 is 2.38 bits per heavy atom. The third-order valence-corrected chi connectivity index (χ3v) is 2.01. The molecule has 1 aromatic carbocycles. The largest absolute Gasteiger partial charge is 0.205 e. The van der Waals surface area contributed by atoms with Crippen molar-refractivity contribution in [2.45, 2.75) is 19.9 Å². The van der Waals surface area contributed by atoms with E-state index in [-0.39, 0.29) is 0 Å². The average Bonchev–Trinajstić information content (AvgIpc) is 2.15. The molecule has 0 aromatic heterocycles. The number of hydrogen-bond acceptors (Lipinski definition) is 0. The van der Waals surface area contributed by atoms with Crippen LogP contribution in [0.3, 0.4) is 0 Å². The molecule has 0 radical (unpaired) electrons. The first-order valence-corrected chi connectivity index (χ1v) is 5.02. The van der Waals surface area contributed by atoms with Crippen LogP contribution in [0.1, 0.15) is 13.8 Å². The van der Waals surface area contributed by atoms with Crippen molar-refractivity contribution < 1.29 is 4.58 Å². The molecule has 0 aliphatic rings. The fourth-order valence-corrected chi connectivity index (χ4v) is 1.44. The lowest BCUT2D eigenvalue weighted by Crippen LogP contribution is -2.16. The summed E-state index contributed by atoms with van der Waals surface area (Å²) in [5.74, 6) is 0.549. The molecule has 0 atom stereocenters. The van der Waals surface area contributed by atoms with Crippen LogP contribution in [-0.4, -0.2) is 22.7 Å². The molecule has 0 fully saturated rings. The fraction of sp³-hybridized carbons (Fsp3) is 0.364. The highest BCUT2D eigenvalue weighted by molar-refractivity contribution is 6.24. The second-order valence-corrected chi connectivity index (χ2v) is 3.48. The zero-order valence-electron chi connectivity index (χ0n) is 8.07. The molecule has 0 spiro atoms. The molecule has 1 aromatic rings. The smallest absolute Gasteiger partial charge is 0.199 e. The van der Waals surface area contributed by atoms with E-state index in [1.54, 1.807) is 0 Å². The van der Waals surface area contributed by atoms with E-state index in [1.807, 2.05) is 24.4 Å². The van der Waals surface area contributed by atoms with E-state index in [4.69, 9.17) is 11.6 Å². The van der Waals surface area contributed by atoms with Gasteiger partial charge in [0, 0.05) is 12.1 Å². The monoisotopic (exact) mass is 196 g/mol. The van der Waals surface area contributed by atoms with Crippen LogP contribution in [-0.2, 0) is 0 Å². The molecule has 0 N–H and O–H groups in total. The summed E-state index contributed by atoms with van der Waals surface area (Å²) in [7, 11) is 0. The van der Waals surface area contributed by atoms with Crippen LogP contribution in [0.15, 0.2) is 30.3 Å². The average molecular weight is 197 g/mol. The third kappa shape index (κ3) is 2.85. The summed E-state index contributed by atoms with van der Waals surface area (Å²) in [5.41, 5.74) is 1.19. The lowest BCUT2D eigenvalue weighted by Gasteiger charge is -2.05. The lowest BCUT2D eigenvalue weighted by atomic mass is 10.2. The van der Waals surface area contributed by atoms with Crippen LogP contribution in [0.5, 0.6) is 0 Å². The number of nitrogens with zero attached hydrogens (tertiary/aromatic N) is 1. The van der Waals surface area contributed by atoms with Gasteiger partial charge in [-0.15, -0.1) is 11.6 Å². The molecule has 1 nitrogen and oxygen atoms in total. The normalized spacial score (nSPS) is 12.2. The molecule has 0 amide bonds. The molecule has 0 saturated carbocycles. The third-order valence-electron chi connectivity index (χ3n) is 1.88. The van der Waals surface area contributed by atoms with Gasteiger partial charge in [0.25, 0.3) is 0 Å². The van der Waals surface area contributed by atoms with E-state index in [0.717, 1.165) is 0 Å². The van der Waals surface area contributed by atoms with E-state index in [9.17, 15) is 0 Å². The topological polar surface area (TPSA) is 3.01 Å². The minimum absolute atomic E-state index is 0.446. The highest BCUT2D eigenvalue weighted by Gasteiger charge is 2.11. The summed E-state index contributed by atoms with van der Waals surface area (Å²) < 4.78 is 2.17. The molecular formula is C11H15ClN+. The maximum absolute atomic E-state index is 5.69. The number of alkyl halides is 1. The quantitative estimate of drug-likeness (QED) is 0.397. The van der Waals surface area contributed by atoms with Crippen molar-refractivity contribution in [3.8, 4) is 0 Å². The van der Waals surface area contributed by atoms with Crippen molar-refractivity contribution in [3.63, 3.8) is 0 Å². The van der Waals surface area contributed by atoms with Crippen LogP contribution < -0.4 is 0 Å². The first kappa shape index (κ1) is 10.3. The number of hydrogen-bond donors (Lipinski definition) is 0. The van der Waals surface area contributed by atoms with E-state index < -0.39 is 0 Å². The first-order valence-electron chi connectivity index (χ1n) is 4.48. The highest BCUT2D eigenvalue weighted by Crippen LogP contribution is 2.12. The lowest BCUT2D eigenvalue weighted by molar-refractivity contribution is -0.471. The Kier molecular flexibility index (Phi) is 3.97. The summed E-state index contributed by atoms with van der Waals surface area (Å²) in [4.78, 5) is 0. The second-order valence-electron chi connectivity index (χ2n) is 3.17. The number of rotatable bonds is 3. The van der Waals surface area contributed by atoms with Crippen LogP contribution in [0, 0.1) is 0 Å². The molecule has 0 unspecified atom stereocenters. The maximum atomic E-state index is 5.69. The summed E-state index contributed by atoms with van der Waals surface area (Å²) in [6.45, 7) is 4.30. The molecule has 2 heteroatoms. The van der Waals surface area contributed by atoms with Crippen LogP contribution in [0.4, 0.5) is 5.69 Å². The van der Waals surface area contributed by atoms with E-state index in [0.29, 0.717) is 11.9 Å². The van der Waals surface area contributed by atoms with Crippen LogP contribution in [0.2, 0.25) is 0 Å². The van der Waals surface area contributed by atoms with Crippen molar-refractivity contribution in [1.82, 2.24) is 0 Å². The fourth-order valence-electron chi connectivity index (χ4n) is 1.29. The van der Waals surface area contributed by atoms with E-state index in [2.05, 4.69) is 30.6 Å². The molecule has 0 heterocycles. The Morgan fingerprint density at radius 2 is 1.92 bits per heavy atom. The van der Waals surface area contributed by atoms with Crippen molar-refractivity contribution in [2.75, 3.05) is 5.88 Å². The zero-order chi connectivity index (χ0) is 9.68. The van der Waals surface area contributed by atoms with Crippen LogP contribution in [0.25, 0.3) is 0 Å². The molecule has 0 aliphatic heterocycles. The minimum Gasteiger partial charge on any atom is -0.199 e. The SMILES string of the molecule is CC(C)[N+](=CCCl)c1ccccc1. The van der Waals surface area contributed by atoms with Gasteiger partial charge in [-0.2, -0.15) is 4.58 Å². The molecule has 0 saturated heterocycles. The maximum Gasteiger partial charge on any atom is 0.205 e. The minimum atomic E-state index is 0.446. The molecular weight excluding hydrogens is 182 g/mol. The Hall–Kier alpha value is -0.820. The molecule has 0 bridgehead atoms. The van der Waals surface area contributed by atoms with Gasteiger partial charge in [0.05, 0.1) is 5.88 Å². The Bertz CT molecular complexity index is 277. The van der Waals surface area contributed by atoms with Gasteiger partial charge in [-0.1, -0.05) is 18.2 Å². The number of para-hydroxylation sites is 1. The van der Waals surface area contributed by atoms with Gasteiger partial charge in [-0.25, -0.2) is 0 Å². The first-order chi connectivity index (χ1) is 6.25. The summed E-state index contributed by atoms with van der Waals surface area (Å²) in [6, 6.07) is 10.7. The van der Waals surface area contributed by atoms with Crippen molar-refractivity contribution >= 4 is 23.5 Å². The van der Waals surface area contributed by atoms with Gasteiger partial charge < -0.3 is 0 Å². The van der Waals surface area contributed by atoms with Crippen LogP contribution >= 0.6 is 11.6 Å². The predicted octanol–water partition coefficient (Wildman–Crippen LogP) is 3.05. The van der Waals surface area contributed by atoms with Gasteiger partial charge in [-0.3, -0.25) is 0 Å². The van der Waals surface area contributed by atoms with E-state index >= 15 is 0 Å². The Labute approximate surface area is 84.7 Å². The molecule has 13 heavy (non-hydrogen) atoms. The Morgan fingerprint density at radius 1 is 1.31 bits per heavy atom. The Balaban J connectivity index is 2.96. The van der Waals surface area contributed by atoms with Crippen molar-refractivity contribution in [2.24, 2.45) is 0 Å². The molecule has 1 rings (SSSR count). The van der Waals surface area contributed by atoms with Gasteiger partial charge in [-0.05, 0) is 13.8 Å². The van der Waals surface area contributed by atoms with Gasteiger partial charge in [0.15, 0.2) is 12.3 Å². The molecule has 70 valence electrons. The van der Waals surface area contributed by atoms with E-state index in [1.165, 1.54) is 5.69 Å². The summed E-state index contributed by atoms with van der Waals surface area (Å²) >= 11 is 5.69. The van der Waals surface area contributed by atoms with Crippen molar-refractivity contribution in [1.29, 1.82) is 0 Å². The summed E-state index contributed by atoms with van der Waals surface area (Å²) in [6.07, 6.45) is 2.00. The van der Waals surface area contributed by atoms with Gasteiger partial charge in [0.1, 0.15) is 0 Å². The number of benzene rings is 1. The highest BCUT2D eigenvalue weighted by atomic mass is 35.5. The molecule has 0 aliphatic carbocycles. The van der Waals surface area contributed by atoms with Gasteiger partial charge >= 0.3 is 0 Å². The number of halogens is 1. The second kappa shape index (κ2) is 5.03. The predicted molar refractivity (Wildman–Crippen MR) is 58.3 cm³/mol. The summed E-state index contributed by atoms with van der Waals surface area (Å²) in [5, 5.41) is 0. The van der Waals surface area contributed by atoms with Crippen molar-refractivity contribution in [3.05, 3.63) is 30.3 Å². The zero-order valence-corrected chi connectivity index (χ0v) is 8.83. The standard InChI is InChI=1S/C11H15ClN/c1-10(2)13(9-8-12)11-6-4-3-5-7-11/h3-7,9-10H,8H2,1-2H3/q+1. The van der Waals surface area contributed by atoms with Gasteiger partial charge in [0.2, 0.25) is 5.69 Å².